The molecule has 0 aliphatic heterocycles. The van der Waals surface area contributed by atoms with E-state index in [9.17, 15) is 13.2 Å². The lowest BCUT2D eigenvalue weighted by atomic mass is 10.0. The first kappa shape index (κ1) is 15.1. The first-order valence-corrected chi connectivity index (χ1v) is 7.23. The standard InChI is InChI=1S/C15H16F3NS/c1-10(19-11(2)14-8-5-9-20-14)12-6-3-4-7-13(12)15(16,17)18/h3-11,19H,1-2H3/t10?,11-/m1/s1. The molecule has 108 valence electrons. The van der Waals surface area contributed by atoms with Crippen molar-refractivity contribution in [3.8, 4) is 0 Å². The van der Waals surface area contributed by atoms with Gasteiger partial charge in [0.25, 0.3) is 0 Å². The molecule has 0 aliphatic rings. The minimum absolute atomic E-state index is 0.0197. The second kappa shape index (κ2) is 5.97. The number of alkyl halides is 3. The highest BCUT2D eigenvalue weighted by Crippen LogP contribution is 2.35. The number of benzene rings is 1. The lowest BCUT2D eigenvalue weighted by molar-refractivity contribution is -0.138. The van der Waals surface area contributed by atoms with E-state index in [0.717, 1.165) is 10.9 Å². The third-order valence-corrected chi connectivity index (χ3v) is 4.26. The minimum atomic E-state index is -4.32. The van der Waals surface area contributed by atoms with Crippen molar-refractivity contribution in [1.82, 2.24) is 5.32 Å². The predicted molar refractivity (Wildman–Crippen MR) is 75.7 cm³/mol. The second-order valence-corrected chi connectivity index (χ2v) is 5.69. The maximum Gasteiger partial charge on any atom is 0.416 e. The highest BCUT2D eigenvalue weighted by atomic mass is 32.1. The number of nitrogens with one attached hydrogen (secondary N) is 1. The van der Waals surface area contributed by atoms with E-state index < -0.39 is 11.7 Å². The maximum atomic E-state index is 13.0. The summed E-state index contributed by atoms with van der Waals surface area (Å²) in [5.74, 6) is 0. The Bertz CT molecular complexity index is 548. The first-order valence-electron chi connectivity index (χ1n) is 6.35. The normalized spacial score (nSPS) is 15.1. The fourth-order valence-corrected chi connectivity index (χ4v) is 2.96. The summed E-state index contributed by atoms with van der Waals surface area (Å²) in [6.07, 6.45) is -4.32. The van der Waals surface area contributed by atoms with Crippen molar-refractivity contribution in [2.24, 2.45) is 0 Å². The van der Waals surface area contributed by atoms with Gasteiger partial charge in [0.05, 0.1) is 5.56 Å². The quantitative estimate of drug-likeness (QED) is 0.820. The molecule has 0 fully saturated rings. The van der Waals surface area contributed by atoms with E-state index in [1.165, 1.54) is 12.1 Å². The molecule has 0 radical (unpaired) electrons. The van der Waals surface area contributed by atoms with Gasteiger partial charge in [0.1, 0.15) is 0 Å². The zero-order valence-corrected chi connectivity index (χ0v) is 12.1. The number of rotatable bonds is 4. The van der Waals surface area contributed by atoms with Gasteiger partial charge in [-0.2, -0.15) is 13.2 Å². The molecular weight excluding hydrogens is 283 g/mol. The summed E-state index contributed by atoms with van der Waals surface area (Å²) in [5.41, 5.74) is -0.290. The largest absolute Gasteiger partial charge is 0.416 e. The molecule has 0 saturated carbocycles. The van der Waals surface area contributed by atoms with E-state index in [4.69, 9.17) is 0 Å². The van der Waals surface area contributed by atoms with Gasteiger partial charge in [-0.15, -0.1) is 11.3 Å². The van der Waals surface area contributed by atoms with Crippen LogP contribution in [0.3, 0.4) is 0 Å². The Morgan fingerprint density at radius 3 is 2.30 bits per heavy atom. The van der Waals surface area contributed by atoms with Gasteiger partial charge in [0.15, 0.2) is 0 Å². The third kappa shape index (κ3) is 3.41. The highest BCUT2D eigenvalue weighted by Gasteiger charge is 2.34. The fourth-order valence-electron chi connectivity index (χ4n) is 2.22. The van der Waals surface area contributed by atoms with Crippen LogP contribution in [0.4, 0.5) is 13.2 Å². The zero-order valence-electron chi connectivity index (χ0n) is 11.2. The lowest BCUT2D eigenvalue weighted by Crippen LogP contribution is -2.24. The van der Waals surface area contributed by atoms with Crippen LogP contribution in [0.2, 0.25) is 0 Å². The minimum Gasteiger partial charge on any atom is -0.303 e. The molecule has 20 heavy (non-hydrogen) atoms. The SMILES string of the molecule is CC(N[C@H](C)c1cccs1)c1ccccc1C(F)(F)F. The summed E-state index contributed by atoms with van der Waals surface area (Å²) in [5, 5.41) is 5.18. The average Bonchev–Trinajstić information content (AvgIpc) is 2.91. The van der Waals surface area contributed by atoms with Gasteiger partial charge in [0, 0.05) is 17.0 Å². The van der Waals surface area contributed by atoms with Crippen LogP contribution in [0.5, 0.6) is 0 Å². The fraction of sp³-hybridized carbons (Fsp3) is 0.333. The summed E-state index contributed by atoms with van der Waals surface area (Å²) in [6, 6.07) is 9.28. The first-order chi connectivity index (χ1) is 9.39. The topological polar surface area (TPSA) is 12.0 Å². The molecule has 5 heteroatoms. The molecule has 0 bridgehead atoms. The molecule has 2 atom stereocenters. The Morgan fingerprint density at radius 2 is 1.70 bits per heavy atom. The van der Waals surface area contributed by atoms with Crippen molar-refractivity contribution >= 4 is 11.3 Å². The number of hydrogen-bond acceptors (Lipinski definition) is 2. The van der Waals surface area contributed by atoms with Gasteiger partial charge >= 0.3 is 6.18 Å². The van der Waals surface area contributed by atoms with E-state index in [0.29, 0.717) is 0 Å². The Kier molecular flexibility index (Phi) is 4.50. The summed E-state index contributed by atoms with van der Waals surface area (Å²) >= 11 is 1.59. The summed E-state index contributed by atoms with van der Waals surface area (Å²) < 4.78 is 39.0. The van der Waals surface area contributed by atoms with Gasteiger partial charge in [-0.3, -0.25) is 0 Å². The summed E-state index contributed by atoms with van der Waals surface area (Å²) in [4.78, 5) is 1.11. The molecule has 2 aromatic rings. The average molecular weight is 299 g/mol. The number of halogens is 3. The van der Waals surface area contributed by atoms with Crippen molar-refractivity contribution in [2.75, 3.05) is 0 Å². The Morgan fingerprint density at radius 1 is 1.00 bits per heavy atom. The number of thiophene rings is 1. The van der Waals surface area contributed by atoms with Gasteiger partial charge in [0.2, 0.25) is 0 Å². The van der Waals surface area contributed by atoms with Crippen LogP contribution in [-0.2, 0) is 6.18 Å². The molecule has 0 aliphatic carbocycles. The van der Waals surface area contributed by atoms with Gasteiger partial charge in [-0.05, 0) is 36.9 Å². The van der Waals surface area contributed by atoms with E-state index in [1.807, 2.05) is 24.4 Å². The van der Waals surface area contributed by atoms with Crippen LogP contribution in [-0.4, -0.2) is 0 Å². The van der Waals surface area contributed by atoms with Crippen LogP contribution in [0.1, 0.15) is 41.9 Å². The summed E-state index contributed by atoms with van der Waals surface area (Å²) in [7, 11) is 0. The van der Waals surface area contributed by atoms with E-state index in [-0.39, 0.29) is 17.6 Å². The molecule has 1 aromatic heterocycles. The van der Waals surface area contributed by atoms with Crippen molar-refractivity contribution in [2.45, 2.75) is 32.1 Å². The smallest absolute Gasteiger partial charge is 0.303 e. The lowest BCUT2D eigenvalue weighted by Gasteiger charge is -2.22. The zero-order chi connectivity index (χ0) is 14.8. The molecule has 2 rings (SSSR count). The highest BCUT2D eigenvalue weighted by molar-refractivity contribution is 7.10. The molecule has 0 saturated heterocycles. The second-order valence-electron chi connectivity index (χ2n) is 4.71. The van der Waals surface area contributed by atoms with Crippen LogP contribution in [0.15, 0.2) is 41.8 Å². The van der Waals surface area contributed by atoms with Crippen LogP contribution in [0.25, 0.3) is 0 Å². The molecule has 1 heterocycles. The van der Waals surface area contributed by atoms with E-state index in [1.54, 1.807) is 24.3 Å². The molecule has 1 unspecified atom stereocenters. The third-order valence-electron chi connectivity index (χ3n) is 3.20. The molecule has 1 aromatic carbocycles. The Balaban J connectivity index is 2.19. The van der Waals surface area contributed by atoms with Crippen molar-refractivity contribution in [3.05, 3.63) is 57.8 Å². The van der Waals surface area contributed by atoms with Crippen molar-refractivity contribution < 1.29 is 13.2 Å². The van der Waals surface area contributed by atoms with Crippen LogP contribution in [0, 0.1) is 0 Å². The van der Waals surface area contributed by atoms with Crippen LogP contribution >= 0.6 is 11.3 Å². The molecule has 1 nitrogen and oxygen atoms in total. The van der Waals surface area contributed by atoms with E-state index in [2.05, 4.69) is 5.32 Å². The Labute approximate surface area is 120 Å². The molecule has 0 spiro atoms. The molecule has 1 N–H and O–H groups in total. The van der Waals surface area contributed by atoms with Gasteiger partial charge in [-0.25, -0.2) is 0 Å². The number of hydrogen-bond donors (Lipinski definition) is 1. The predicted octanol–water partition coefficient (Wildman–Crippen LogP) is 5.18. The monoisotopic (exact) mass is 299 g/mol. The maximum absolute atomic E-state index is 13.0. The Hall–Kier alpha value is -1.33. The summed E-state index contributed by atoms with van der Waals surface area (Å²) in [6.45, 7) is 3.72. The van der Waals surface area contributed by atoms with Crippen molar-refractivity contribution in [3.63, 3.8) is 0 Å². The van der Waals surface area contributed by atoms with Gasteiger partial charge < -0.3 is 5.32 Å². The van der Waals surface area contributed by atoms with E-state index >= 15 is 0 Å². The molecular formula is C15H16F3NS. The molecule has 0 amide bonds. The van der Waals surface area contributed by atoms with Crippen molar-refractivity contribution in [1.29, 1.82) is 0 Å². The van der Waals surface area contributed by atoms with Crippen LogP contribution < -0.4 is 5.32 Å². The van der Waals surface area contributed by atoms with Gasteiger partial charge in [-0.1, -0.05) is 24.3 Å².